The third kappa shape index (κ3) is 5.45. The number of nitrogens with zero attached hydrogens (tertiary/aromatic N) is 2. The Morgan fingerprint density at radius 2 is 1.73 bits per heavy atom. The number of fused-ring (bicyclic) bond motifs is 1. The molecule has 40 heavy (non-hydrogen) atoms. The maximum atomic E-state index is 13.6. The number of aliphatic hydroxyl groups is 1. The van der Waals surface area contributed by atoms with Gasteiger partial charge in [0.2, 0.25) is 0 Å². The Morgan fingerprint density at radius 3 is 2.48 bits per heavy atom. The number of hydrogen-bond donors (Lipinski definition) is 1. The molecule has 3 aromatic carbocycles. The monoisotopic (exact) mass is 556 g/mol. The third-order valence-electron chi connectivity index (χ3n) is 6.73. The standard InChI is InChI=1S/C32H32N2O5S/c1-4-6-17-39-23-13-11-21(12-14-23)28-27(29(35)22-8-7-9-24(19-22)38-16-5-2)30(36)31(37)34(28)32-33-25-15-10-20(3)18-26(25)40-32/h7-15,18-19,28,35H,4-6,16-17H2,1-3H3. The van der Waals surface area contributed by atoms with Gasteiger partial charge in [0.05, 0.1) is 35.0 Å². The predicted molar refractivity (Wildman–Crippen MR) is 158 cm³/mol. The van der Waals surface area contributed by atoms with Gasteiger partial charge in [0.15, 0.2) is 5.13 Å². The van der Waals surface area contributed by atoms with Crippen LogP contribution >= 0.6 is 11.3 Å². The topological polar surface area (TPSA) is 89.0 Å². The van der Waals surface area contributed by atoms with E-state index in [0.717, 1.165) is 35.0 Å². The van der Waals surface area contributed by atoms with E-state index in [2.05, 4.69) is 6.92 Å². The second-order valence-electron chi connectivity index (χ2n) is 9.78. The van der Waals surface area contributed by atoms with Crippen LogP contribution in [0.4, 0.5) is 5.13 Å². The summed E-state index contributed by atoms with van der Waals surface area (Å²) in [7, 11) is 0. The minimum Gasteiger partial charge on any atom is -0.507 e. The molecule has 0 bridgehead atoms. The molecule has 0 aliphatic carbocycles. The molecule has 7 nitrogen and oxygen atoms in total. The molecule has 1 unspecified atom stereocenters. The first-order chi connectivity index (χ1) is 19.4. The molecule has 0 saturated carbocycles. The third-order valence-corrected chi connectivity index (χ3v) is 7.74. The van der Waals surface area contributed by atoms with Crippen LogP contribution in [-0.2, 0) is 9.59 Å². The number of carbonyl (C=O) groups is 2. The normalized spacial score (nSPS) is 16.6. The molecule has 0 radical (unpaired) electrons. The van der Waals surface area contributed by atoms with Crippen LogP contribution < -0.4 is 14.4 Å². The summed E-state index contributed by atoms with van der Waals surface area (Å²) in [5, 5.41) is 11.9. The highest BCUT2D eigenvalue weighted by Crippen LogP contribution is 2.44. The van der Waals surface area contributed by atoms with E-state index in [9.17, 15) is 14.7 Å². The van der Waals surface area contributed by atoms with Gasteiger partial charge in [0.1, 0.15) is 17.3 Å². The zero-order valence-electron chi connectivity index (χ0n) is 22.8. The second kappa shape index (κ2) is 11.9. The van der Waals surface area contributed by atoms with Gasteiger partial charge in [-0.1, -0.05) is 61.9 Å². The number of ketones is 1. The Kier molecular flexibility index (Phi) is 8.16. The molecular formula is C32H32N2O5S. The number of anilines is 1. The van der Waals surface area contributed by atoms with E-state index in [1.165, 1.54) is 16.2 Å². The lowest BCUT2D eigenvalue weighted by atomic mass is 9.95. The van der Waals surface area contributed by atoms with E-state index in [-0.39, 0.29) is 11.3 Å². The molecule has 1 aromatic heterocycles. The molecule has 1 fully saturated rings. The van der Waals surface area contributed by atoms with Gasteiger partial charge in [0.25, 0.3) is 5.78 Å². The van der Waals surface area contributed by atoms with Gasteiger partial charge in [-0.25, -0.2) is 4.98 Å². The first-order valence-corrected chi connectivity index (χ1v) is 14.4. The number of aryl methyl sites for hydroxylation is 1. The highest BCUT2D eigenvalue weighted by atomic mass is 32.1. The van der Waals surface area contributed by atoms with Crippen molar-refractivity contribution in [3.05, 3.63) is 89.0 Å². The predicted octanol–water partition coefficient (Wildman–Crippen LogP) is 7.20. The number of benzene rings is 3. The van der Waals surface area contributed by atoms with Crippen molar-refractivity contribution < 1.29 is 24.2 Å². The van der Waals surface area contributed by atoms with Crippen molar-refractivity contribution in [1.29, 1.82) is 0 Å². The zero-order chi connectivity index (χ0) is 28.2. The Labute approximate surface area is 237 Å². The fourth-order valence-electron chi connectivity index (χ4n) is 4.66. The summed E-state index contributed by atoms with van der Waals surface area (Å²) in [6.45, 7) is 7.24. The molecule has 4 aromatic rings. The minimum absolute atomic E-state index is 0.00716. The van der Waals surface area contributed by atoms with Crippen molar-refractivity contribution in [2.75, 3.05) is 18.1 Å². The SMILES string of the molecule is CCCCOc1ccc(C2C(=C(O)c3cccc(OCCC)c3)C(=O)C(=O)N2c2nc3ccc(C)cc3s2)cc1. The lowest BCUT2D eigenvalue weighted by Gasteiger charge is -2.23. The molecule has 5 rings (SSSR count). The first kappa shape index (κ1) is 27.4. The Bertz CT molecular complexity index is 1570. The summed E-state index contributed by atoms with van der Waals surface area (Å²) in [5.41, 5.74) is 2.89. The number of aromatic nitrogens is 1. The largest absolute Gasteiger partial charge is 0.507 e. The average Bonchev–Trinajstić information content (AvgIpc) is 3.49. The van der Waals surface area contributed by atoms with Crippen LogP contribution in [0.25, 0.3) is 16.0 Å². The van der Waals surface area contributed by atoms with E-state index < -0.39 is 17.7 Å². The Morgan fingerprint density at radius 1 is 0.950 bits per heavy atom. The number of thiazole rings is 1. The van der Waals surface area contributed by atoms with Crippen LogP contribution in [0.5, 0.6) is 11.5 Å². The molecule has 2 heterocycles. The van der Waals surface area contributed by atoms with Crippen LogP contribution in [-0.4, -0.2) is 35.0 Å². The fraction of sp³-hybridized carbons (Fsp3) is 0.281. The van der Waals surface area contributed by atoms with Crippen molar-refractivity contribution in [3.8, 4) is 11.5 Å². The van der Waals surface area contributed by atoms with Crippen LogP contribution in [0, 0.1) is 6.92 Å². The molecule has 8 heteroatoms. The van der Waals surface area contributed by atoms with Gasteiger partial charge in [-0.15, -0.1) is 0 Å². The zero-order valence-corrected chi connectivity index (χ0v) is 23.7. The molecular weight excluding hydrogens is 524 g/mol. The lowest BCUT2D eigenvalue weighted by Crippen LogP contribution is -2.29. The number of hydrogen-bond acceptors (Lipinski definition) is 7. The van der Waals surface area contributed by atoms with Crippen LogP contribution in [0.2, 0.25) is 0 Å². The Hall–Kier alpha value is -4.17. The molecule has 0 spiro atoms. The van der Waals surface area contributed by atoms with Crippen LogP contribution in [0.15, 0.2) is 72.3 Å². The van der Waals surface area contributed by atoms with Crippen molar-refractivity contribution in [2.45, 2.75) is 46.1 Å². The maximum absolute atomic E-state index is 13.6. The van der Waals surface area contributed by atoms with E-state index in [1.807, 2.05) is 56.3 Å². The van der Waals surface area contributed by atoms with Crippen molar-refractivity contribution in [3.63, 3.8) is 0 Å². The summed E-state index contributed by atoms with van der Waals surface area (Å²) in [4.78, 5) is 33.2. The van der Waals surface area contributed by atoms with Gasteiger partial charge >= 0.3 is 5.91 Å². The smallest absolute Gasteiger partial charge is 0.301 e. The second-order valence-corrected chi connectivity index (χ2v) is 10.8. The number of rotatable bonds is 10. The highest BCUT2D eigenvalue weighted by molar-refractivity contribution is 7.22. The molecule has 1 aliphatic rings. The van der Waals surface area contributed by atoms with Gasteiger partial charge < -0.3 is 14.6 Å². The minimum atomic E-state index is -0.869. The molecule has 1 N–H and O–H groups in total. The van der Waals surface area contributed by atoms with E-state index in [4.69, 9.17) is 14.5 Å². The van der Waals surface area contributed by atoms with E-state index in [0.29, 0.717) is 41.0 Å². The molecule has 1 amide bonds. The van der Waals surface area contributed by atoms with Crippen LogP contribution in [0.1, 0.15) is 55.8 Å². The number of amides is 1. The quantitative estimate of drug-likeness (QED) is 0.0962. The van der Waals surface area contributed by atoms with Crippen LogP contribution in [0.3, 0.4) is 0 Å². The van der Waals surface area contributed by atoms with Gasteiger partial charge in [-0.2, -0.15) is 0 Å². The van der Waals surface area contributed by atoms with Gasteiger partial charge in [-0.05, 0) is 67.3 Å². The van der Waals surface area contributed by atoms with Gasteiger partial charge in [-0.3, -0.25) is 14.5 Å². The summed E-state index contributed by atoms with van der Waals surface area (Å²) < 4.78 is 12.5. The fourth-order valence-corrected chi connectivity index (χ4v) is 5.75. The number of carbonyl (C=O) groups excluding carboxylic acids is 2. The molecule has 1 aliphatic heterocycles. The highest BCUT2D eigenvalue weighted by Gasteiger charge is 2.48. The molecule has 1 atom stereocenters. The summed E-state index contributed by atoms with van der Waals surface area (Å²) in [6.07, 6.45) is 2.81. The van der Waals surface area contributed by atoms with Crippen molar-refractivity contribution in [2.24, 2.45) is 0 Å². The van der Waals surface area contributed by atoms with Crippen molar-refractivity contribution in [1.82, 2.24) is 4.98 Å². The number of Topliss-reactive ketones (excluding diaryl/α,β-unsaturated/α-hetero) is 1. The maximum Gasteiger partial charge on any atom is 0.301 e. The summed E-state index contributed by atoms with van der Waals surface area (Å²) in [5.74, 6) is -0.477. The summed E-state index contributed by atoms with van der Waals surface area (Å²) >= 11 is 1.34. The van der Waals surface area contributed by atoms with E-state index in [1.54, 1.807) is 24.3 Å². The lowest BCUT2D eigenvalue weighted by molar-refractivity contribution is -0.132. The number of ether oxygens (including phenoxy) is 2. The summed E-state index contributed by atoms with van der Waals surface area (Å²) in [6, 6.07) is 19.2. The molecule has 206 valence electrons. The Balaban J connectivity index is 1.62. The number of aliphatic hydroxyl groups excluding tert-OH is 1. The average molecular weight is 557 g/mol. The first-order valence-electron chi connectivity index (χ1n) is 13.6. The van der Waals surface area contributed by atoms with E-state index >= 15 is 0 Å². The van der Waals surface area contributed by atoms with Gasteiger partial charge in [0, 0.05) is 5.56 Å². The molecule has 1 saturated heterocycles. The number of unbranched alkanes of at least 4 members (excludes halogenated alkanes) is 1. The van der Waals surface area contributed by atoms with Crippen molar-refractivity contribution >= 4 is 44.1 Å².